The summed E-state index contributed by atoms with van der Waals surface area (Å²) in [6.07, 6.45) is -4.17. The highest BCUT2D eigenvalue weighted by molar-refractivity contribution is 8.13. The standard InChI is InChI=1S/C14H14F3NO2S/c1-9(19)21-8-10-5-13(20)18(7-10)12-4-2-3-11(6-12)14(15,16)17/h2-4,6,10H,5,7-8H2,1H3. The lowest BCUT2D eigenvalue weighted by molar-refractivity contribution is -0.137. The van der Waals surface area contributed by atoms with Gasteiger partial charge in [0, 0.05) is 31.3 Å². The van der Waals surface area contributed by atoms with E-state index in [4.69, 9.17) is 0 Å². The van der Waals surface area contributed by atoms with Gasteiger partial charge < -0.3 is 4.90 Å². The molecule has 0 spiro atoms. The van der Waals surface area contributed by atoms with Gasteiger partial charge in [0.1, 0.15) is 0 Å². The van der Waals surface area contributed by atoms with E-state index < -0.39 is 11.7 Å². The molecule has 1 saturated heterocycles. The van der Waals surface area contributed by atoms with Crippen molar-refractivity contribution in [3.8, 4) is 0 Å². The molecule has 1 unspecified atom stereocenters. The van der Waals surface area contributed by atoms with E-state index in [1.807, 2.05) is 0 Å². The van der Waals surface area contributed by atoms with Crippen LogP contribution in [-0.4, -0.2) is 23.3 Å². The Hall–Kier alpha value is -1.50. The summed E-state index contributed by atoms with van der Waals surface area (Å²) < 4.78 is 38.1. The summed E-state index contributed by atoms with van der Waals surface area (Å²) in [6, 6.07) is 4.75. The van der Waals surface area contributed by atoms with Crippen LogP contribution in [0.3, 0.4) is 0 Å². The summed E-state index contributed by atoms with van der Waals surface area (Å²) in [5, 5.41) is -0.0278. The van der Waals surface area contributed by atoms with Crippen molar-refractivity contribution in [2.24, 2.45) is 5.92 Å². The molecule has 1 aromatic rings. The van der Waals surface area contributed by atoms with Gasteiger partial charge in [0.25, 0.3) is 0 Å². The minimum atomic E-state index is -4.43. The molecule has 0 aromatic heterocycles. The monoisotopic (exact) mass is 317 g/mol. The molecule has 2 rings (SSSR count). The third-order valence-corrected chi connectivity index (χ3v) is 4.26. The molecule has 3 nitrogen and oxygen atoms in total. The second-order valence-electron chi connectivity index (χ2n) is 4.93. The third-order valence-electron chi connectivity index (χ3n) is 3.21. The number of thioether (sulfide) groups is 1. The Morgan fingerprint density at radius 3 is 2.76 bits per heavy atom. The zero-order valence-electron chi connectivity index (χ0n) is 11.3. The van der Waals surface area contributed by atoms with E-state index >= 15 is 0 Å². The molecule has 21 heavy (non-hydrogen) atoms. The Labute approximate surface area is 124 Å². The lowest BCUT2D eigenvalue weighted by atomic mass is 10.1. The summed E-state index contributed by atoms with van der Waals surface area (Å²) in [5.74, 6) is 0.292. The maximum Gasteiger partial charge on any atom is 0.416 e. The summed E-state index contributed by atoms with van der Waals surface area (Å²) in [7, 11) is 0. The number of hydrogen-bond acceptors (Lipinski definition) is 3. The molecule has 1 amide bonds. The molecule has 1 aliphatic heterocycles. The molecule has 0 radical (unpaired) electrons. The van der Waals surface area contributed by atoms with Crippen molar-refractivity contribution in [3.05, 3.63) is 29.8 Å². The molecule has 1 heterocycles. The molecular formula is C14H14F3NO2S. The largest absolute Gasteiger partial charge is 0.416 e. The molecule has 1 aliphatic rings. The first kappa shape index (κ1) is 15.9. The van der Waals surface area contributed by atoms with Gasteiger partial charge in [-0.1, -0.05) is 17.8 Å². The average molecular weight is 317 g/mol. The topological polar surface area (TPSA) is 37.4 Å². The fourth-order valence-corrected chi connectivity index (χ4v) is 2.92. The number of benzene rings is 1. The first-order valence-corrected chi connectivity index (χ1v) is 7.37. The summed E-state index contributed by atoms with van der Waals surface area (Å²) >= 11 is 1.14. The SMILES string of the molecule is CC(=O)SCC1CC(=O)N(c2cccc(C(F)(F)F)c2)C1. The van der Waals surface area contributed by atoms with Gasteiger partial charge >= 0.3 is 6.18 Å². The predicted molar refractivity (Wildman–Crippen MR) is 75.0 cm³/mol. The average Bonchev–Trinajstić information content (AvgIpc) is 2.77. The first-order chi connectivity index (χ1) is 9.77. The van der Waals surface area contributed by atoms with Crippen LogP contribution in [-0.2, 0) is 15.8 Å². The number of halogens is 3. The summed E-state index contributed by atoms with van der Waals surface area (Å²) in [4.78, 5) is 24.2. The van der Waals surface area contributed by atoms with Crippen LogP contribution < -0.4 is 4.90 Å². The van der Waals surface area contributed by atoms with Gasteiger partial charge in [-0.05, 0) is 24.1 Å². The van der Waals surface area contributed by atoms with Crippen molar-refractivity contribution < 1.29 is 22.8 Å². The van der Waals surface area contributed by atoms with E-state index in [0.717, 1.165) is 23.9 Å². The van der Waals surface area contributed by atoms with Crippen molar-refractivity contribution in [1.82, 2.24) is 0 Å². The minimum absolute atomic E-state index is 0.0130. The van der Waals surface area contributed by atoms with Crippen molar-refractivity contribution in [2.75, 3.05) is 17.2 Å². The molecule has 7 heteroatoms. The molecule has 0 saturated carbocycles. The van der Waals surface area contributed by atoms with Crippen LogP contribution in [0.15, 0.2) is 24.3 Å². The number of amides is 1. The van der Waals surface area contributed by atoms with Crippen LogP contribution in [0.2, 0.25) is 0 Å². The number of rotatable bonds is 3. The Morgan fingerprint density at radius 1 is 1.43 bits per heavy atom. The first-order valence-electron chi connectivity index (χ1n) is 6.38. The fourth-order valence-electron chi connectivity index (χ4n) is 2.23. The smallest absolute Gasteiger partial charge is 0.312 e. The van der Waals surface area contributed by atoms with Gasteiger partial charge in [-0.3, -0.25) is 9.59 Å². The summed E-state index contributed by atoms with van der Waals surface area (Å²) in [6.45, 7) is 1.80. The molecule has 0 aliphatic carbocycles. The van der Waals surface area contributed by atoms with Crippen LogP contribution in [0.1, 0.15) is 18.9 Å². The van der Waals surface area contributed by atoms with Crippen LogP contribution in [0, 0.1) is 5.92 Å². The minimum Gasteiger partial charge on any atom is -0.312 e. The molecular weight excluding hydrogens is 303 g/mol. The lowest BCUT2D eigenvalue weighted by Gasteiger charge is -2.18. The van der Waals surface area contributed by atoms with Crippen LogP contribution >= 0.6 is 11.8 Å². The Morgan fingerprint density at radius 2 is 2.14 bits per heavy atom. The number of anilines is 1. The van der Waals surface area contributed by atoms with E-state index in [0.29, 0.717) is 12.3 Å². The van der Waals surface area contributed by atoms with Gasteiger partial charge in [0.2, 0.25) is 5.91 Å². The molecule has 1 aromatic carbocycles. The normalized spacial score (nSPS) is 19.1. The highest BCUT2D eigenvalue weighted by atomic mass is 32.2. The molecule has 0 bridgehead atoms. The lowest BCUT2D eigenvalue weighted by Crippen LogP contribution is -2.25. The van der Waals surface area contributed by atoms with Crippen LogP contribution in [0.25, 0.3) is 0 Å². The maximum atomic E-state index is 12.7. The number of nitrogens with zero attached hydrogens (tertiary/aromatic N) is 1. The number of alkyl halides is 3. The Bertz CT molecular complexity index is 559. The number of carbonyl (C=O) groups excluding carboxylic acids is 2. The number of hydrogen-bond donors (Lipinski definition) is 0. The van der Waals surface area contributed by atoms with Gasteiger partial charge in [-0.15, -0.1) is 0 Å². The molecule has 0 N–H and O–H groups in total. The van der Waals surface area contributed by atoms with E-state index in [1.54, 1.807) is 0 Å². The van der Waals surface area contributed by atoms with E-state index in [9.17, 15) is 22.8 Å². The quantitative estimate of drug-likeness (QED) is 0.858. The third kappa shape index (κ3) is 4.00. The maximum absolute atomic E-state index is 12.7. The Kier molecular flexibility index (Phi) is 4.61. The predicted octanol–water partition coefficient (Wildman–Crippen LogP) is 3.34. The molecule has 1 fully saturated rings. The second kappa shape index (κ2) is 6.09. The Balaban J connectivity index is 2.12. The van der Waals surface area contributed by atoms with E-state index in [1.165, 1.54) is 24.0 Å². The van der Waals surface area contributed by atoms with Crippen molar-refractivity contribution in [2.45, 2.75) is 19.5 Å². The van der Waals surface area contributed by atoms with Gasteiger partial charge in [0.05, 0.1) is 5.56 Å². The van der Waals surface area contributed by atoms with Crippen molar-refractivity contribution >= 4 is 28.5 Å². The highest BCUT2D eigenvalue weighted by Crippen LogP contribution is 2.33. The zero-order valence-corrected chi connectivity index (χ0v) is 12.1. The van der Waals surface area contributed by atoms with E-state index in [-0.39, 0.29) is 29.0 Å². The molecule has 1 atom stereocenters. The van der Waals surface area contributed by atoms with Gasteiger partial charge in [-0.2, -0.15) is 13.2 Å². The van der Waals surface area contributed by atoms with E-state index in [2.05, 4.69) is 0 Å². The zero-order chi connectivity index (χ0) is 15.6. The summed E-state index contributed by atoms with van der Waals surface area (Å²) in [5.41, 5.74) is -0.514. The number of carbonyl (C=O) groups is 2. The van der Waals surface area contributed by atoms with Crippen molar-refractivity contribution in [1.29, 1.82) is 0 Å². The van der Waals surface area contributed by atoms with Crippen LogP contribution in [0.4, 0.5) is 18.9 Å². The van der Waals surface area contributed by atoms with Gasteiger partial charge in [-0.25, -0.2) is 0 Å². The van der Waals surface area contributed by atoms with Gasteiger partial charge in [0.15, 0.2) is 5.12 Å². The van der Waals surface area contributed by atoms with Crippen molar-refractivity contribution in [3.63, 3.8) is 0 Å². The highest BCUT2D eigenvalue weighted by Gasteiger charge is 2.34. The molecule has 114 valence electrons. The fraction of sp³-hybridized carbons (Fsp3) is 0.429. The van der Waals surface area contributed by atoms with Crippen LogP contribution in [0.5, 0.6) is 0 Å². The second-order valence-corrected chi connectivity index (χ2v) is 6.12.